The van der Waals surface area contributed by atoms with Crippen LogP contribution in [0.5, 0.6) is 5.75 Å². The van der Waals surface area contributed by atoms with Crippen molar-refractivity contribution in [2.75, 3.05) is 13.2 Å². The molecule has 1 aromatic carbocycles. The van der Waals surface area contributed by atoms with Crippen LogP contribution < -0.4 is 4.74 Å². The molecule has 3 nitrogen and oxygen atoms in total. The van der Waals surface area contributed by atoms with E-state index in [4.69, 9.17) is 4.74 Å². The van der Waals surface area contributed by atoms with Crippen LogP contribution in [0.2, 0.25) is 0 Å². The molecular weight excluding hydrogens is 264 g/mol. The van der Waals surface area contributed by atoms with E-state index in [2.05, 4.69) is 17.7 Å². The number of hydrogen-bond acceptors (Lipinski definition) is 3. The third kappa shape index (κ3) is 8.38. The first-order chi connectivity index (χ1) is 10.4. The van der Waals surface area contributed by atoms with Crippen LogP contribution in [-0.2, 0) is 16.0 Å². The van der Waals surface area contributed by atoms with Gasteiger partial charge in [-0.3, -0.25) is 4.79 Å². The van der Waals surface area contributed by atoms with Gasteiger partial charge in [0.2, 0.25) is 0 Å². The van der Waals surface area contributed by atoms with Crippen molar-refractivity contribution in [3.8, 4) is 5.75 Å². The summed E-state index contributed by atoms with van der Waals surface area (Å²) in [6.45, 7) is 3.41. The quantitative estimate of drug-likeness (QED) is 0.396. The molecule has 3 heteroatoms. The van der Waals surface area contributed by atoms with Gasteiger partial charge in [-0.2, -0.15) is 0 Å². The smallest absolute Gasteiger partial charge is 0.293 e. The van der Waals surface area contributed by atoms with Gasteiger partial charge in [0.05, 0.1) is 0 Å². The number of unbranched alkanes of at least 4 members (excludes halogenated alkanes) is 6. The summed E-state index contributed by atoms with van der Waals surface area (Å²) in [4.78, 5) is 10.1. The van der Waals surface area contributed by atoms with Crippen LogP contribution in [0.4, 0.5) is 0 Å². The van der Waals surface area contributed by atoms with Gasteiger partial charge in [-0.15, -0.1) is 0 Å². The van der Waals surface area contributed by atoms with Crippen molar-refractivity contribution in [3.05, 3.63) is 29.8 Å². The lowest BCUT2D eigenvalue weighted by molar-refractivity contribution is -0.129. The molecule has 0 aliphatic heterocycles. The van der Waals surface area contributed by atoms with Gasteiger partial charge in [0, 0.05) is 0 Å². The molecule has 0 unspecified atom stereocenters. The normalized spacial score (nSPS) is 10.3. The number of aryl methyl sites for hydroxylation is 1. The van der Waals surface area contributed by atoms with Crippen molar-refractivity contribution >= 4 is 6.47 Å². The summed E-state index contributed by atoms with van der Waals surface area (Å²) in [5, 5.41) is 0. The van der Waals surface area contributed by atoms with E-state index in [0.29, 0.717) is 19.7 Å². The lowest BCUT2D eigenvalue weighted by Gasteiger charge is -2.11. The molecule has 0 N–H and O–H groups in total. The van der Waals surface area contributed by atoms with E-state index in [1.54, 1.807) is 0 Å². The molecule has 1 rings (SSSR count). The SMILES string of the molecule is CCCCCCCCCc1ccccc1OCCOC=O. The molecule has 0 aliphatic carbocycles. The summed E-state index contributed by atoms with van der Waals surface area (Å²) in [6.07, 6.45) is 10.3. The second-order valence-electron chi connectivity index (χ2n) is 5.29. The van der Waals surface area contributed by atoms with Gasteiger partial charge in [-0.25, -0.2) is 0 Å². The maximum atomic E-state index is 10.1. The van der Waals surface area contributed by atoms with Crippen molar-refractivity contribution in [1.29, 1.82) is 0 Å². The first-order valence-electron chi connectivity index (χ1n) is 8.14. The molecule has 0 heterocycles. The molecule has 21 heavy (non-hydrogen) atoms. The van der Waals surface area contributed by atoms with Gasteiger partial charge in [0.1, 0.15) is 19.0 Å². The zero-order valence-corrected chi connectivity index (χ0v) is 13.2. The molecule has 118 valence electrons. The first-order valence-corrected chi connectivity index (χ1v) is 8.14. The van der Waals surface area contributed by atoms with Gasteiger partial charge >= 0.3 is 0 Å². The summed E-state index contributed by atoms with van der Waals surface area (Å²) < 4.78 is 10.3. The Morgan fingerprint density at radius 1 is 0.952 bits per heavy atom. The molecular formula is C18H28O3. The highest BCUT2D eigenvalue weighted by molar-refractivity contribution is 5.37. The lowest BCUT2D eigenvalue weighted by atomic mass is 10.0. The number of carbonyl (C=O) groups is 1. The Hall–Kier alpha value is -1.51. The molecule has 0 fully saturated rings. The highest BCUT2D eigenvalue weighted by atomic mass is 16.5. The summed E-state index contributed by atoms with van der Waals surface area (Å²) >= 11 is 0. The van der Waals surface area contributed by atoms with Crippen LogP contribution in [0.3, 0.4) is 0 Å². The Morgan fingerprint density at radius 2 is 1.67 bits per heavy atom. The third-order valence-electron chi connectivity index (χ3n) is 3.55. The maximum absolute atomic E-state index is 10.1. The average Bonchev–Trinajstić information content (AvgIpc) is 2.52. The standard InChI is InChI=1S/C18H28O3/c1-2-3-4-5-6-7-8-11-17-12-9-10-13-18(17)21-15-14-20-16-19/h9-10,12-13,16H,2-8,11,14-15H2,1H3. The van der Waals surface area contributed by atoms with Crippen molar-refractivity contribution in [2.45, 2.75) is 58.3 Å². The minimum Gasteiger partial charge on any atom is -0.490 e. The van der Waals surface area contributed by atoms with E-state index in [0.717, 1.165) is 12.2 Å². The van der Waals surface area contributed by atoms with E-state index in [1.165, 1.54) is 50.5 Å². The fourth-order valence-electron chi connectivity index (χ4n) is 2.37. The van der Waals surface area contributed by atoms with Crippen LogP contribution in [-0.4, -0.2) is 19.7 Å². The van der Waals surface area contributed by atoms with Crippen molar-refractivity contribution in [1.82, 2.24) is 0 Å². The second kappa shape index (κ2) is 12.2. The van der Waals surface area contributed by atoms with Crippen molar-refractivity contribution < 1.29 is 14.3 Å². The zero-order chi connectivity index (χ0) is 15.2. The monoisotopic (exact) mass is 292 g/mol. The van der Waals surface area contributed by atoms with Crippen LogP contribution >= 0.6 is 0 Å². The molecule has 0 aromatic heterocycles. The molecule has 1 aromatic rings. The predicted octanol–water partition coefficient (Wildman–Crippen LogP) is 4.53. The van der Waals surface area contributed by atoms with Crippen LogP contribution in [0, 0.1) is 0 Å². The minimum absolute atomic E-state index is 0.301. The fraction of sp³-hybridized carbons (Fsp3) is 0.611. The van der Waals surface area contributed by atoms with E-state index in [9.17, 15) is 4.79 Å². The average molecular weight is 292 g/mol. The second-order valence-corrected chi connectivity index (χ2v) is 5.29. The zero-order valence-electron chi connectivity index (χ0n) is 13.2. The number of para-hydroxylation sites is 1. The fourth-order valence-corrected chi connectivity index (χ4v) is 2.37. The lowest BCUT2D eigenvalue weighted by Crippen LogP contribution is -2.07. The van der Waals surface area contributed by atoms with Crippen LogP contribution in [0.15, 0.2) is 24.3 Å². The molecule has 0 aliphatic rings. The molecule has 0 saturated heterocycles. The Morgan fingerprint density at radius 3 is 2.43 bits per heavy atom. The van der Waals surface area contributed by atoms with Gasteiger partial charge in [-0.1, -0.05) is 63.6 Å². The highest BCUT2D eigenvalue weighted by Crippen LogP contribution is 2.20. The number of benzene rings is 1. The third-order valence-corrected chi connectivity index (χ3v) is 3.55. The Bertz CT molecular complexity index is 376. The van der Waals surface area contributed by atoms with E-state index in [1.807, 2.05) is 18.2 Å². The van der Waals surface area contributed by atoms with Crippen molar-refractivity contribution in [3.63, 3.8) is 0 Å². The Balaban J connectivity index is 2.22. The largest absolute Gasteiger partial charge is 0.490 e. The predicted molar refractivity (Wildman–Crippen MR) is 85.7 cm³/mol. The van der Waals surface area contributed by atoms with E-state index in [-0.39, 0.29) is 0 Å². The molecule has 0 amide bonds. The number of rotatable bonds is 13. The maximum Gasteiger partial charge on any atom is 0.293 e. The minimum atomic E-state index is 0.301. The molecule has 0 radical (unpaired) electrons. The summed E-state index contributed by atoms with van der Waals surface area (Å²) in [5.41, 5.74) is 1.25. The van der Waals surface area contributed by atoms with Gasteiger partial charge in [0.15, 0.2) is 0 Å². The number of hydrogen-bond donors (Lipinski definition) is 0. The molecule has 0 bridgehead atoms. The van der Waals surface area contributed by atoms with E-state index < -0.39 is 0 Å². The topological polar surface area (TPSA) is 35.5 Å². The molecule has 0 spiro atoms. The van der Waals surface area contributed by atoms with E-state index >= 15 is 0 Å². The van der Waals surface area contributed by atoms with Gasteiger partial charge in [-0.05, 0) is 24.5 Å². The number of ether oxygens (including phenoxy) is 2. The summed E-state index contributed by atoms with van der Waals surface area (Å²) in [7, 11) is 0. The van der Waals surface area contributed by atoms with Crippen molar-refractivity contribution in [2.24, 2.45) is 0 Å². The van der Waals surface area contributed by atoms with Crippen LogP contribution in [0.1, 0.15) is 57.4 Å². The highest BCUT2D eigenvalue weighted by Gasteiger charge is 2.03. The summed E-state index contributed by atoms with van der Waals surface area (Å²) in [5.74, 6) is 0.915. The first kappa shape index (κ1) is 17.5. The summed E-state index contributed by atoms with van der Waals surface area (Å²) in [6, 6.07) is 8.13. The van der Waals surface area contributed by atoms with Gasteiger partial charge in [0.25, 0.3) is 6.47 Å². The van der Waals surface area contributed by atoms with Crippen LogP contribution in [0.25, 0.3) is 0 Å². The molecule has 0 saturated carbocycles. The number of carbonyl (C=O) groups excluding carboxylic acids is 1. The Kier molecular flexibility index (Phi) is 10.2. The molecule has 0 atom stereocenters. The van der Waals surface area contributed by atoms with Gasteiger partial charge < -0.3 is 9.47 Å². The Labute approximate surface area is 128 Å².